The first-order valence-electron chi connectivity index (χ1n) is 9.63. The first-order chi connectivity index (χ1) is 15.4. The van der Waals surface area contributed by atoms with Gasteiger partial charge in [-0.05, 0) is 0 Å². The zero-order valence-electron chi connectivity index (χ0n) is 17.6. The monoisotopic (exact) mass is 447 g/mol. The molecule has 172 valence electrons. The van der Waals surface area contributed by atoms with Crippen molar-refractivity contribution in [1.82, 2.24) is 5.06 Å². The fourth-order valence-electron chi connectivity index (χ4n) is 2.54. The molecule has 0 unspecified atom stereocenters. The minimum absolute atomic E-state index is 0.0136. The summed E-state index contributed by atoms with van der Waals surface area (Å²) in [5, 5.41) is 0.410. The lowest BCUT2D eigenvalue weighted by atomic mass is 9.92. The van der Waals surface area contributed by atoms with Gasteiger partial charge in [0.2, 0.25) is 0 Å². The molecular formula is C22H25NO9. The average molecular weight is 447 g/mol. The summed E-state index contributed by atoms with van der Waals surface area (Å²) in [6.45, 7) is -0.0640. The molecular weight excluding hydrogens is 422 g/mol. The summed E-state index contributed by atoms with van der Waals surface area (Å²) in [7, 11) is 0. The molecule has 0 aromatic heterocycles. The molecule has 0 bridgehead atoms. The second kappa shape index (κ2) is 14.6. The molecule has 1 aliphatic heterocycles. The fraction of sp³-hybridized carbons (Fsp3) is 0.545. The number of esters is 1. The molecule has 2 amide bonds. The summed E-state index contributed by atoms with van der Waals surface area (Å²) >= 11 is 0. The summed E-state index contributed by atoms with van der Waals surface area (Å²) < 4.78 is 21.5. The molecule has 0 N–H and O–H groups in total. The van der Waals surface area contributed by atoms with Gasteiger partial charge >= 0.3 is 11.9 Å². The molecule has 32 heavy (non-hydrogen) atoms. The number of rotatable bonds is 15. The number of hydroxylamine groups is 2. The van der Waals surface area contributed by atoms with Crippen LogP contribution in [0.3, 0.4) is 0 Å². The number of ether oxygens (including phenoxy) is 4. The third-order valence-electron chi connectivity index (χ3n) is 4.05. The van der Waals surface area contributed by atoms with Gasteiger partial charge in [0, 0.05) is 12.8 Å². The van der Waals surface area contributed by atoms with Crippen LogP contribution in [0, 0.1) is 42.4 Å². The lowest BCUT2D eigenvalue weighted by molar-refractivity contribution is -0.197. The highest BCUT2D eigenvalue weighted by molar-refractivity contribution is 6.01. The van der Waals surface area contributed by atoms with Crippen LogP contribution >= 0.6 is 0 Å². The van der Waals surface area contributed by atoms with Crippen LogP contribution in [-0.4, -0.2) is 75.1 Å². The molecule has 0 spiro atoms. The van der Waals surface area contributed by atoms with Crippen LogP contribution in [0.5, 0.6) is 0 Å². The van der Waals surface area contributed by atoms with Crippen LogP contribution in [0.1, 0.15) is 25.7 Å². The van der Waals surface area contributed by atoms with Gasteiger partial charge in [-0.15, -0.1) is 24.3 Å². The molecule has 0 aromatic rings. The van der Waals surface area contributed by atoms with Gasteiger partial charge in [0.15, 0.2) is 0 Å². The van der Waals surface area contributed by atoms with E-state index in [-0.39, 0.29) is 65.5 Å². The standard InChI is InChI=1S/C22H25NO9/c1-4-11-28-14-22(15-29-12-5-2,16-30-13-6-3)17-31-20(26)9-10-21(27)32-23-18(24)7-8-19(23)25/h1-3H,7-17H2. The maximum atomic E-state index is 12.2. The fourth-order valence-corrected chi connectivity index (χ4v) is 2.54. The van der Waals surface area contributed by atoms with E-state index >= 15 is 0 Å². The molecule has 0 saturated carbocycles. The Morgan fingerprint density at radius 2 is 1.22 bits per heavy atom. The van der Waals surface area contributed by atoms with Gasteiger partial charge in [-0.1, -0.05) is 17.8 Å². The van der Waals surface area contributed by atoms with Gasteiger partial charge in [0.1, 0.15) is 26.4 Å². The van der Waals surface area contributed by atoms with E-state index in [1.807, 2.05) is 0 Å². The Morgan fingerprint density at radius 3 is 1.66 bits per heavy atom. The second-order valence-electron chi connectivity index (χ2n) is 6.80. The van der Waals surface area contributed by atoms with Crippen LogP contribution in [-0.2, 0) is 43.0 Å². The SMILES string of the molecule is C#CCOCC(COCC#C)(COCC#C)COC(=O)CCC(=O)ON1C(=O)CCC1=O. The summed E-state index contributed by atoms with van der Waals surface area (Å²) in [5.41, 5.74) is -0.949. The lowest BCUT2D eigenvalue weighted by Crippen LogP contribution is -2.42. The Morgan fingerprint density at radius 1 is 0.781 bits per heavy atom. The highest BCUT2D eigenvalue weighted by Gasteiger charge is 2.35. The number of nitrogens with zero attached hydrogens (tertiary/aromatic N) is 1. The third kappa shape index (κ3) is 9.63. The van der Waals surface area contributed by atoms with E-state index in [0.717, 1.165) is 0 Å². The molecule has 0 atom stereocenters. The van der Waals surface area contributed by atoms with E-state index in [4.69, 9.17) is 43.1 Å². The topological polar surface area (TPSA) is 118 Å². The summed E-state index contributed by atoms with van der Waals surface area (Å²) in [6, 6.07) is 0. The van der Waals surface area contributed by atoms with Gasteiger partial charge in [0.05, 0.1) is 38.1 Å². The van der Waals surface area contributed by atoms with E-state index in [9.17, 15) is 19.2 Å². The van der Waals surface area contributed by atoms with Crippen molar-refractivity contribution in [2.75, 3.05) is 46.2 Å². The van der Waals surface area contributed by atoms with Crippen LogP contribution < -0.4 is 0 Å². The van der Waals surface area contributed by atoms with E-state index in [1.165, 1.54) is 0 Å². The first-order valence-corrected chi connectivity index (χ1v) is 9.63. The van der Waals surface area contributed by atoms with Crippen molar-refractivity contribution >= 4 is 23.8 Å². The van der Waals surface area contributed by atoms with Crippen LogP contribution in [0.4, 0.5) is 0 Å². The van der Waals surface area contributed by atoms with Crippen LogP contribution in [0.25, 0.3) is 0 Å². The Bertz CT molecular complexity index is 733. The van der Waals surface area contributed by atoms with Crippen molar-refractivity contribution in [3.63, 3.8) is 0 Å². The van der Waals surface area contributed by atoms with Gasteiger partial charge in [-0.3, -0.25) is 14.4 Å². The van der Waals surface area contributed by atoms with E-state index in [2.05, 4.69) is 17.8 Å². The molecule has 10 nitrogen and oxygen atoms in total. The van der Waals surface area contributed by atoms with Gasteiger partial charge < -0.3 is 23.8 Å². The zero-order valence-corrected chi connectivity index (χ0v) is 17.6. The molecule has 1 heterocycles. The number of terminal acetylenes is 3. The third-order valence-corrected chi connectivity index (χ3v) is 4.05. The highest BCUT2D eigenvalue weighted by atomic mass is 16.7. The van der Waals surface area contributed by atoms with Crippen LogP contribution in [0.15, 0.2) is 0 Å². The normalized spacial score (nSPS) is 13.2. The summed E-state index contributed by atoms with van der Waals surface area (Å²) in [5.74, 6) is 4.13. The van der Waals surface area contributed by atoms with E-state index < -0.39 is 35.6 Å². The summed E-state index contributed by atoms with van der Waals surface area (Å²) in [6.07, 6.45) is 14.8. The maximum Gasteiger partial charge on any atom is 0.333 e. The van der Waals surface area contributed by atoms with E-state index in [0.29, 0.717) is 5.06 Å². The second-order valence-corrected chi connectivity index (χ2v) is 6.80. The summed E-state index contributed by atoms with van der Waals surface area (Å²) in [4.78, 5) is 51.6. The largest absolute Gasteiger partial charge is 0.465 e. The van der Waals surface area contributed by atoms with E-state index in [1.54, 1.807) is 0 Å². The predicted molar refractivity (Wildman–Crippen MR) is 109 cm³/mol. The zero-order chi connectivity index (χ0) is 23.8. The lowest BCUT2D eigenvalue weighted by Gasteiger charge is -2.31. The van der Waals surface area contributed by atoms with Crippen molar-refractivity contribution in [2.24, 2.45) is 5.41 Å². The van der Waals surface area contributed by atoms with Gasteiger partial charge in [-0.2, -0.15) is 0 Å². The molecule has 1 saturated heterocycles. The number of imide groups is 1. The Balaban J connectivity index is 2.62. The molecule has 10 heteroatoms. The quantitative estimate of drug-likeness (QED) is 0.146. The smallest absolute Gasteiger partial charge is 0.333 e. The molecule has 1 fully saturated rings. The first kappa shape index (κ1) is 26.7. The maximum absolute atomic E-state index is 12.2. The Hall–Kier alpha value is -3.36. The van der Waals surface area contributed by atoms with Crippen LogP contribution in [0.2, 0.25) is 0 Å². The van der Waals surface area contributed by atoms with Crippen molar-refractivity contribution in [1.29, 1.82) is 0 Å². The number of carbonyl (C=O) groups is 4. The molecule has 0 aromatic carbocycles. The van der Waals surface area contributed by atoms with Crippen molar-refractivity contribution in [2.45, 2.75) is 25.7 Å². The van der Waals surface area contributed by atoms with Gasteiger partial charge in [-0.25, -0.2) is 4.79 Å². The van der Waals surface area contributed by atoms with Crippen molar-refractivity contribution in [3.8, 4) is 37.0 Å². The van der Waals surface area contributed by atoms with Crippen molar-refractivity contribution < 1.29 is 43.0 Å². The highest BCUT2D eigenvalue weighted by Crippen LogP contribution is 2.21. The minimum atomic E-state index is -0.949. The number of hydrogen-bond acceptors (Lipinski definition) is 9. The average Bonchev–Trinajstić information content (AvgIpc) is 3.08. The molecule has 1 aliphatic rings. The predicted octanol–water partition coefficient (Wildman–Crippen LogP) is -0.147. The Labute approximate surface area is 186 Å². The molecule has 0 radical (unpaired) electrons. The van der Waals surface area contributed by atoms with Crippen molar-refractivity contribution in [3.05, 3.63) is 0 Å². The molecule has 0 aliphatic carbocycles. The molecule has 1 rings (SSSR count). The van der Waals surface area contributed by atoms with Gasteiger partial charge in [0.25, 0.3) is 11.8 Å². The minimum Gasteiger partial charge on any atom is -0.465 e. The Kier molecular flexibility index (Phi) is 12.2. The number of carbonyl (C=O) groups excluding carboxylic acids is 4. The number of amides is 2. The number of hydrogen-bond donors (Lipinski definition) is 0.